The van der Waals surface area contributed by atoms with Crippen molar-refractivity contribution < 1.29 is 0 Å². The maximum Gasteiger partial charge on any atom is 0.0874 e. The predicted molar refractivity (Wildman–Crippen MR) is 61.0 cm³/mol. The van der Waals surface area contributed by atoms with Gasteiger partial charge in [-0.15, -0.1) is 0 Å². The van der Waals surface area contributed by atoms with Crippen LogP contribution < -0.4 is 0 Å². The highest BCUT2D eigenvalue weighted by molar-refractivity contribution is 4.83. The van der Waals surface area contributed by atoms with E-state index >= 15 is 0 Å². The van der Waals surface area contributed by atoms with Crippen molar-refractivity contribution in [3.05, 3.63) is 0 Å². The van der Waals surface area contributed by atoms with Crippen molar-refractivity contribution in [1.82, 2.24) is 4.90 Å². The Morgan fingerprint density at radius 2 is 1.40 bits per heavy atom. The molecule has 0 heterocycles. The summed E-state index contributed by atoms with van der Waals surface area (Å²) in [7, 11) is 0. The van der Waals surface area contributed by atoms with Crippen LogP contribution in [0.25, 0.3) is 0 Å². The van der Waals surface area contributed by atoms with Gasteiger partial charge in [-0.2, -0.15) is 10.5 Å². The van der Waals surface area contributed by atoms with Crippen molar-refractivity contribution in [1.29, 1.82) is 10.5 Å². The Hall–Kier alpha value is -1.06. The maximum atomic E-state index is 8.53. The first kappa shape index (κ1) is 13.9. The average molecular weight is 207 g/mol. The van der Waals surface area contributed by atoms with E-state index in [1.54, 1.807) is 0 Å². The zero-order valence-electron chi connectivity index (χ0n) is 9.71. The summed E-state index contributed by atoms with van der Waals surface area (Å²) in [6, 6.07) is 4.18. The Morgan fingerprint density at radius 1 is 0.867 bits per heavy atom. The largest absolute Gasteiger partial charge is 0.277 e. The van der Waals surface area contributed by atoms with E-state index in [1.165, 1.54) is 32.1 Å². The maximum absolute atomic E-state index is 8.53. The highest BCUT2D eigenvalue weighted by Crippen LogP contribution is 2.05. The summed E-state index contributed by atoms with van der Waals surface area (Å²) < 4.78 is 0. The molecule has 0 aliphatic rings. The molecule has 0 rings (SSSR count). The summed E-state index contributed by atoms with van der Waals surface area (Å²) in [6.45, 7) is 3.85. The molecule has 0 unspecified atom stereocenters. The third-order valence-electron chi connectivity index (χ3n) is 2.42. The Balaban J connectivity index is 3.38. The second-order valence-electron chi connectivity index (χ2n) is 3.79. The number of hydrogen-bond donors (Lipinski definition) is 0. The molecule has 0 atom stereocenters. The van der Waals surface area contributed by atoms with Gasteiger partial charge >= 0.3 is 0 Å². The van der Waals surface area contributed by atoms with E-state index in [0.29, 0.717) is 13.1 Å². The first-order valence-corrected chi connectivity index (χ1v) is 5.81. The molecule has 15 heavy (non-hydrogen) atoms. The highest BCUT2D eigenvalue weighted by Gasteiger charge is 2.02. The Labute approximate surface area is 93.3 Å². The van der Waals surface area contributed by atoms with Crippen molar-refractivity contribution in [2.24, 2.45) is 0 Å². The number of nitriles is 2. The normalized spacial score (nSPS) is 9.87. The molecule has 0 aromatic carbocycles. The minimum absolute atomic E-state index is 0.377. The minimum atomic E-state index is 0.377. The van der Waals surface area contributed by atoms with E-state index < -0.39 is 0 Å². The molecule has 0 saturated carbocycles. The van der Waals surface area contributed by atoms with E-state index in [4.69, 9.17) is 10.5 Å². The van der Waals surface area contributed by atoms with Crippen LogP contribution in [-0.2, 0) is 0 Å². The van der Waals surface area contributed by atoms with Gasteiger partial charge in [0.15, 0.2) is 0 Å². The van der Waals surface area contributed by atoms with Crippen LogP contribution in [0.4, 0.5) is 0 Å². The Kier molecular flexibility index (Phi) is 10.2. The van der Waals surface area contributed by atoms with Crippen molar-refractivity contribution in [3.63, 3.8) is 0 Å². The lowest BCUT2D eigenvalue weighted by Crippen LogP contribution is -2.25. The van der Waals surface area contributed by atoms with E-state index in [2.05, 4.69) is 19.1 Å². The molecule has 84 valence electrons. The number of rotatable bonds is 9. The van der Waals surface area contributed by atoms with Crippen LogP contribution >= 0.6 is 0 Å². The summed E-state index contributed by atoms with van der Waals surface area (Å²) in [6.07, 6.45) is 7.50. The quantitative estimate of drug-likeness (QED) is 0.431. The minimum Gasteiger partial charge on any atom is -0.277 e. The van der Waals surface area contributed by atoms with Gasteiger partial charge in [-0.3, -0.25) is 4.90 Å². The predicted octanol–water partition coefficient (Wildman–Crippen LogP) is 2.70. The number of nitrogens with zero attached hydrogens (tertiary/aromatic N) is 3. The second-order valence-corrected chi connectivity index (χ2v) is 3.79. The molecule has 3 heteroatoms. The van der Waals surface area contributed by atoms with E-state index in [0.717, 1.165) is 13.0 Å². The van der Waals surface area contributed by atoms with Gasteiger partial charge in [0, 0.05) is 6.54 Å². The third-order valence-corrected chi connectivity index (χ3v) is 2.42. The lowest BCUT2D eigenvalue weighted by atomic mass is 10.1. The summed E-state index contributed by atoms with van der Waals surface area (Å²) in [5.41, 5.74) is 0. The van der Waals surface area contributed by atoms with Crippen molar-refractivity contribution >= 4 is 0 Å². The Morgan fingerprint density at radius 3 is 1.93 bits per heavy atom. The summed E-state index contributed by atoms with van der Waals surface area (Å²) in [4.78, 5) is 1.90. The molecule has 0 aromatic rings. The topological polar surface area (TPSA) is 50.8 Å². The number of hydrogen-bond acceptors (Lipinski definition) is 3. The van der Waals surface area contributed by atoms with E-state index in [-0.39, 0.29) is 0 Å². The van der Waals surface area contributed by atoms with Gasteiger partial charge in [-0.05, 0) is 6.42 Å². The molecule has 3 nitrogen and oxygen atoms in total. The third kappa shape index (κ3) is 9.25. The van der Waals surface area contributed by atoms with Crippen LogP contribution in [0.15, 0.2) is 0 Å². The van der Waals surface area contributed by atoms with Gasteiger partial charge in [0.1, 0.15) is 0 Å². The van der Waals surface area contributed by atoms with Gasteiger partial charge in [0.25, 0.3) is 0 Å². The molecule has 0 aliphatic heterocycles. The van der Waals surface area contributed by atoms with Gasteiger partial charge in [0.2, 0.25) is 0 Å². The average Bonchev–Trinajstić information content (AvgIpc) is 2.24. The lowest BCUT2D eigenvalue weighted by molar-refractivity contribution is 0.330. The number of unbranched alkanes of at least 4 members (excludes halogenated alkanes) is 5. The van der Waals surface area contributed by atoms with Crippen LogP contribution in [0.2, 0.25) is 0 Å². The Bertz CT molecular complexity index is 196. The fourth-order valence-electron chi connectivity index (χ4n) is 1.53. The molecule has 0 amide bonds. The fraction of sp³-hybridized carbons (Fsp3) is 0.833. The standard InChI is InChI=1S/C12H21N3/c1-2-3-4-5-6-7-10-15(11-8-13)12-9-14/h2-7,10-12H2,1H3. The zero-order valence-corrected chi connectivity index (χ0v) is 9.71. The first-order chi connectivity index (χ1) is 7.35. The van der Waals surface area contributed by atoms with E-state index in [9.17, 15) is 0 Å². The molecular formula is C12H21N3. The van der Waals surface area contributed by atoms with Crippen molar-refractivity contribution in [2.45, 2.75) is 45.4 Å². The molecule has 0 fully saturated rings. The molecule has 0 saturated heterocycles. The fourth-order valence-corrected chi connectivity index (χ4v) is 1.53. The SMILES string of the molecule is CCCCCCCCN(CC#N)CC#N. The molecule has 0 aromatic heterocycles. The molecule has 0 aliphatic carbocycles. The van der Waals surface area contributed by atoms with Crippen LogP contribution in [0.5, 0.6) is 0 Å². The summed E-state index contributed by atoms with van der Waals surface area (Å²) in [5, 5.41) is 17.1. The molecule has 0 N–H and O–H groups in total. The van der Waals surface area contributed by atoms with Gasteiger partial charge < -0.3 is 0 Å². The summed E-state index contributed by atoms with van der Waals surface area (Å²) in [5.74, 6) is 0. The molecule has 0 bridgehead atoms. The van der Waals surface area contributed by atoms with Gasteiger partial charge in [-0.1, -0.05) is 39.0 Å². The molecule has 0 spiro atoms. The van der Waals surface area contributed by atoms with Crippen LogP contribution in [0.3, 0.4) is 0 Å². The van der Waals surface area contributed by atoms with Crippen LogP contribution in [-0.4, -0.2) is 24.5 Å². The molecular weight excluding hydrogens is 186 g/mol. The van der Waals surface area contributed by atoms with Gasteiger partial charge in [0.05, 0.1) is 25.2 Å². The summed E-state index contributed by atoms with van der Waals surface area (Å²) >= 11 is 0. The zero-order chi connectivity index (χ0) is 11.4. The van der Waals surface area contributed by atoms with Crippen molar-refractivity contribution in [2.75, 3.05) is 19.6 Å². The first-order valence-electron chi connectivity index (χ1n) is 5.81. The van der Waals surface area contributed by atoms with Crippen LogP contribution in [0, 0.1) is 22.7 Å². The highest BCUT2D eigenvalue weighted by atomic mass is 15.1. The smallest absolute Gasteiger partial charge is 0.0874 e. The monoisotopic (exact) mass is 207 g/mol. The lowest BCUT2D eigenvalue weighted by Gasteiger charge is -2.14. The second kappa shape index (κ2) is 11.0. The van der Waals surface area contributed by atoms with Gasteiger partial charge in [-0.25, -0.2) is 0 Å². The molecule has 0 radical (unpaired) electrons. The van der Waals surface area contributed by atoms with Crippen LogP contribution in [0.1, 0.15) is 45.4 Å². The van der Waals surface area contributed by atoms with E-state index in [1.807, 2.05) is 4.90 Å². The van der Waals surface area contributed by atoms with Crippen molar-refractivity contribution in [3.8, 4) is 12.1 Å².